The van der Waals surface area contributed by atoms with Crippen LogP contribution in [0.2, 0.25) is 0 Å². The van der Waals surface area contributed by atoms with Crippen molar-refractivity contribution in [1.82, 2.24) is 20.0 Å². The molecule has 1 aliphatic rings. The van der Waals surface area contributed by atoms with Crippen LogP contribution in [-0.4, -0.2) is 40.2 Å². The zero-order valence-corrected chi connectivity index (χ0v) is 16.5. The van der Waals surface area contributed by atoms with Gasteiger partial charge in [0.25, 0.3) is 5.89 Å². The van der Waals surface area contributed by atoms with Gasteiger partial charge in [-0.15, -0.1) is 0 Å². The SMILES string of the molecule is COC1(c2nc(Cc3ccccc3)no2)CCN(Cc2cccnc2C)CC1. The van der Waals surface area contributed by atoms with Crippen molar-refractivity contribution in [2.24, 2.45) is 0 Å². The summed E-state index contributed by atoms with van der Waals surface area (Å²) in [6.07, 6.45) is 4.16. The molecule has 2 aromatic heterocycles. The lowest BCUT2D eigenvalue weighted by molar-refractivity contribution is -0.0838. The van der Waals surface area contributed by atoms with Crippen molar-refractivity contribution >= 4 is 0 Å². The van der Waals surface area contributed by atoms with Gasteiger partial charge in [0.1, 0.15) is 5.60 Å². The molecule has 0 aliphatic carbocycles. The maximum absolute atomic E-state index is 5.92. The summed E-state index contributed by atoms with van der Waals surface area (Å²) in [5.74, 6) is 1.30. The molecule has 1 aliphatic heterocycles. The first-order chi connectivity index (χ1) is 13.7. The van der Waals surface area contributed by atoms with Crippen molar-refractivity contribution in [3.05, 3.63) is 77.2 Å². The molecule has 0 unspecified atom stereocenters. The Bertz CT molecular complexity index is 902. The Morgan fingerprint density at radius 1 is 1.11 bits per heavy atom. The predicted octanol–water partition coefficient (Wildman–Crippen LogP) is 3.50. The molecule has 0 bridgehead atoms. The van der Waals surface area contributed by atoms with Crippen molar-refractivity contribution in [3.63, 3.8) is 0 Å². The van der Waals surface area contributed by atoms with E-state index in [0.717, 1.165) is 38.2 Å². The van der Waals surface area contributed by atoms with Crippen molar-refractivity contribution in [2.75, 3.05) is 20.2 Å². The van der Waals surface area contributed by atoms with Gasteiger partial charge in [0.15, 0.2) is 5.82 Å². The number of rotatable bonds is 6. The van der Waals surface area contributed by atoms with Crippen LogP contribution in [0, 0.1) is 6.92 Å². The largest absolute Gasteiger partial charge is 0.368 e. The molecule has 0 spiro atoms. The van der Waals surface area contributed by atoms with Crippen LogP contribution in [0.5, 0.6) is 0 Å². The number of aromatic nitrogens is 3. The van der Waals surface area contributed by atoms with Crippen LogP contribution in [0.1, 0.15) is 41.4 Å². The van der Waals surface area contributed by atoms with E-state index in [1.807, 2.05) is 30.5 Å². The van der Waals surface area contributed by atoms with Crippen LogP contribution in [0.3, 0.4) is 0 Å². The fourth-order valence-electron chi connectivity index (χ4n) is 3.79. The molecule has 4 rings (SSSR count). The third-order valence-electron chi connectivity index (χ3n) is 5.63. The van der Waals surface area contributed by atoms with E-state index in [0.29, 0.717) is 18.1 Å². The molecule has 0 radical (unpaired) electrons. The maximum Gasteiger partial charge on any atom is 0.258 e. The van der Waals surface area contributed by atoms with Crippen molar-refractivity contribution in [3.8, 4) is 0 Å². The van der Waals surface area contributed by atoms with E-state index in [1.54, 1.807) is 7.11 Å². The van der Waals surface area contributed by atoms with Gasteiger partial charge in [0.05, 0.1) is 0 Å². The zero-order chi connectivity index (χ0) is 19.4. The molecule has 6 heteroatoms. The second-order valence-corrected chi connectivity index (χ2v) is 7.40. The Hall–Kier alpha value is -2.57. The molecule has 6 nitrogen and oxygen atoms in total. The monoisotopic (exact) mass is 378 g/mol. The highest BCUT2D eigenvalue weighted by molar-refractivity contribution is 5.20. The van der Waals surface area contributed by atoms with E-state index in [1.165, 1.54) is 11.1 Å². The molecule has 146 valence electrons. The number of hydrogen-bond acceptors (Lipinski definition) is 6. The number of nitrogens with zero attached hydrogens (tertiary/aromatic N) is 4. The van der Waals surface area contributed by atoms with E-state index < -0.39 is 5.60 Å². The Morgan fingerprint density at radius 3 is 2.61 bits per heavy atom. The topological polar surface area (TPSA) is 64.3 Å². The summed E-state index contributed by atoms with van der Waals surface area (Å²) >= 11 is 0. The van der Waals surface area contributed by atoms with Crippen LogP contribution in [0.15, 0.2) is 53.2 Å². The minimum absolute atomic E-state index is 0.498. The zero-order valence-electron chi connectivity index (χ0n) is 16.5. The summed E-state index contributed by atoms with van der Waals surface area (Å²) in [6, 6.07) is 14.3. The van der Waals surface area contributed by atoms with Gasteiger partial charge in [-0.2, -0.15) is 4.98 Å². The average molecular weight is 378 g/mol. The lowest BCUT2D eigenvalue weighted by atomic mass is 9.90. The highest BCUT2D eigenvalue weighted by Crippen LogP contribution is 2.35. The van der Waals surface area contributed by atoms with Gasteiger partial charge in [0, 0.05) is 45.1 Å². The van der Waals surface area contributed by atoms with Crippen LogP contribution in [0.25, 0.3) is 0 Å². The van der Waals surface area contributed by atoms with E-state index in [9.17, 15) is 0 Å². The molecule has 0 amide bonds. The summed E-state index contributed by atoms with van der Waals surface area (Å²) in [6.45, 7) is 4.80. The Morgan fingerprint density at radius 2 is 1.89 bits per heavy atom. The summed E-state index contributed by atoms with van der Waals surface area (Å²) in [4.78, 5) is 11.5. The molecule has 0 atom stereocenters. The number of ether oxygens (including phenoxy) is 1. The van der Waals surface area contributed by atoms with Gasteiger partial charge in [-0.25, -0.2) is 0 Å². The van der Waals surface area contributed by atoms with Crippen molar-refractivity contribution in [1.29, 1.82) is 0 Å². The normalized spacial score (nSPS) is 16.9. The lowest BCUT2D eigenvalue weighted by Crippen LogP contribution is -2.43. The molecule has 1 aromatic carbocycles. The first-order valence-corrected chi connectivity index (χ1v) is 9.73. The smallest absolute Gasteiger partial charge is 0.258 e. The number of methoxy groups -OCH3 is 1. The Kier molecular flexibility index (Phi) is 5.50. The molecule has 0 N–H and O–H groups in total. The third kappa shape index (κ3) is 3.98. The molecule has 28 heavy (non-hydrogen) atoms. The number of pyridine rings is 1. The number of likely N-dealkylation sites (tertiary alicyclic amines) is 1. The average Bonchev–Trinajstić information content (AvgIpc) is 3.20. The summed E-state index contributed by atoms with van der Waals surface area (Å²) in [5.41, 5.74) is 3.04. The minimum Gasteiger partial charge on any atom is -0.368 e. The van der Waals surface area contributed by atoms with E-state index >= 15 is 0 Å². The highest BCUT2D eigenvalue weighted by Gasteiger charge is 2.41. The number of benzene rings is 1. The second-order valence-electron chi connectivity index (χ2n) is 7.40. The van der Waals surface area contributed by atoms with E-state index in [-0.39, 0.29) is 0 Å². The molecule has 3 heterocycles. The molecule has 3 aromatic rings. The fraction of sp³-hybridized carbons (Fsp3) is 0.409. The molecule has 0 saturated carbocycles. The minimum atomic E-state index is -0.498. The summed E-state index contributed by atoms with van der Waals surface area (Å²) < 4.78 is 11.5. The second kappa shape index (κ2) is 8.20. The van der Waals surface area contributed by atoms with Crippen LogP contribution in [-0.2, 0) is 23.3 Å². The fourth-order valence-corrected chi connectivity index (χ4v) is 3.79. The number of hydrogen-bond donors (Lipinski definition) is 0. The first kappa shape index (κ1) is 18.8. The van der Waals surface area contributed by atoms with Gasteiger partial charge in [-0.1, -0.05) is 41.6 Å². The number of aryl methyl sites for hydroxylation is 1. The van der Waals surface area contributed by atoms with Gasteiger partial charge in [-0.05, 0) is 37.0 Å². The molecule has 1 fully saturated rings. The first-order valence-electron chi connectivity index (χ1n) is 9.73. The van der Waals surface area contributed by atoms with Gasteiger partial charge >= 0.3 is 0 Å². The van der Waals surface area contributed by atoms with Gasteiger partial charge < -0.3 is 9.26 Å². The molecule has 1 saturated heterocycles. The quantitative estimate of drug-likeness (QED) is 0.654. The molecular formula is C22H26N4O2. The van der Waals surface area contributed by atoms with Crippen molar-refractivity contribution < 1.29 is 9.26 Å². The predicted molar refractivity (Wildman–Crippen MR) is 106 cm³/mol. The van der Waals surface area contributed by atoms with E-state index in [4.69, 9.17) is 9.26 Å². The summed E-state index contributed by atoms with van der Waals surface area (Å²) in [7, 11) is 1.74. The number of piperidine rings is 1. The van der Waals surface area contributed by atoms with Crippen LogP contribution in [0.4, 0.5) is 0 Å². The summed E-state index contributed by atoms with van der Waals surface area (Å²) in [5, 5.41) is 4.19. The molecular weight excluding hydrogens is 352 g/mol. The van der Waals surface area contributed by atoms with Gasteiger partial charge in [-0.3, -0.25) is 9.88 Å². The highest BCUT2D eigenvalue weighted by atomic mass is 16.5. The van der Waals surface area contributed by atoms with Crippen molar-refractivity contribution in [2.45, 2.75) is 38.3 Å². The third-order valence-corrected chi connectivity index (χ3v) is 5.63. The maximum atomic E-state index is 5.92. The van der Waals surface area contributed by atoms with Crippen LogP contribution < -0.4 is 0 Å². The Labute approximate surface area is 165 Å². The van der Waals surface area contributed by atoms with E-state index in [2.05, 4.69) is 45.1 Å². The lowest BCUT2D eigenvalue weighted by Gasteiger charge is -2.38. The standard InChI is InChI=1S/C22H26N4O2/c1-17-19(9-6-12-23-17)16-26-13-10-22(27-2,11-14-26)21-24-20(25-28-21)15-18-7-4-3-5-8-18/h3-9,12H,10-11,13-16H2,1-2H3. The van der Waals surface area contributed by atoms with Gasteiger partial charge in [0.2, 0.25) is 0 Å². The van der Waals surface area contributed by atoms with Crippen LogP contribution >= 0.6 is 0 Å². The Balaban J connectivity index is 1.42.